The average molecular weight is 221 g/mol. The number of aromatic nitrogens is 4. The van der Waals surface area contributed by atoms with Crippen LogP contribution < -0.4 is 11.4 Å². The van der Waals surface area contributed by atoms with Crippen LogP contribution in [0.25, 0.3) is 5.13 Å². The van der Waals surface area contributed by atoms with Crippen LogP contribution in [-0.4, -0.2) is 26.3 Å². The van der Waals surface area contributed by atoms with Gasteiger partial charge in [0, 0.05) is 0 Å². The Labute approximate surface area is 88.8 Å². The summed E-state index contributed by atoms with van der Waals surface area (Å²) >= 11 is 1.31. The van der Waals surface area contributed by atoms with Crippen molar-refractivity contribution in [3.8, 4) is 17.0 Å². The summed E-state index contributed by atoms with van der Waals surface area (Å²) in [7, 11) is 0. The second-order valence-corrected chi connectivity index (χ2v) is 3.55. The Morgan fingerprint density at radius 3 is 3.20 bits per heavy atom. The standard InChI is InChI=1S/C8H7N5OS/c9-3-1-2-6-4-10-8(15-6)13-5-11-12-7(13)14/h4-5H,3,9H2,(H,12,14). The first kappa shape index (κ1) is 9.64. The van der Waals surface area contributed by atoms with Crippen LogP contribution in [0.5, 0.6) is 0 Å². The molecular weight excluding hydrogens is 214 g/mol. The molecule has 2 aromatic heterocycles. The van der Waals surface area contributed by atoms with E-state index in [0.717, 1.165) is 4.88 Å². The minimum Gasteiger partial charge on any atom is -0.320 e. The largest absolute Gasteiger partial charge is 0.349 e. The van der Waals surface area contributed by atoms with Crippen LogP contribution >= 0.6 is 11.3 Å². The average Bonchev–Trinajstić information content (AvgIpc) is 2.83. The van der Waals surface area contributed by atoms with Crippen molar-refractivity contribution in [3.63, 3.8) is 0 Å². The summed E-state index contributed by atoms with van der Waals surface area (Å²) in [6.45, 7) is 0.304. The number of rotatable bonds is 1. The van der Waals surface area contributed by atoms with Gasteiger partial charge in [0.15, 0.2) is 5.13 Å². The van der Waals surface area contributed by atoms with E-state index in [2.05, 4.69) is 27.0 Å². The van der Waals surface area contributed by atoms with Gasteiger partial charge in [-0.1, -0.05) is 23.2 Å². The van der Waals surface area contributed by atoms with E-state index in [0.29, 0.717) is 11.7 Å². The molecule has 2 rings (SSSR count). The fraction of sp³-hybridized carbons (Fsp3) is 0.125. The highest BCUT2D eigenvalue weighted by molar-refractivity contribution is 7.14. The van der Waals surface area contributed by atoms with Crippen molar-refractivity contribution in [2.45, 2.75) is 0 Å². The minimum atomic E-state index is -0.317. The highest BCUT2D eigenvalue weighted by atomic mass is 32.1. The smallest absolute Gasteiger partial charge is 0.320 e. The predicted molar refractivity (Wildman–Crippen MR) is 55.8 cm³/mol. The highest BCUT2D eigenvalue weighted by Crippen LogP contribution is 2.13. The lowest BCUT2D eigenvalue weighted by atomic mass is 10.5. The van der Waals surface area contributed by atoms with Crippen molar-refractivity contribution in [1.82, 2.24) is 19.7 Å². The lowest BCUT2D eigenvalue weighted by molar-refractivity contribution is 0.968. The van der Waals surface area contributed by atoms with E-state index >= 15 is 0 Å². The molecule has 0 bridgehead atoms. The molecule has 0 fully saturated rings. The molecule has 0 unspecified atom stereocenters. The van der Waals surface area contributed by atoms with Gasteiger partial charge in [-0.2, -0.15) is 5.10 Å². The Kier molecular flexibility index (Phi) is 2.62. The second-order valence-electron chi connectivity index (χ2n) is 2.54. The molecule has 0 saturated heterocycles. The Balaban J connectivity index is 2.36. The summed E-state index contributed by atoms with van der Waals surface area (Å²) in [5.74, 6) is 5.56. The Morgan fingerprint density at radius 1 is 1.67 bits per heavy atom. The molecule has 0 amide bonds. The number of hydrogen-bond acceptors (Lipinski definition) is 5. The van der Waals surface area contributed by atoms with Gasteiger partial charge in [-0.05, 0) is 0 Å². The zero-order valence-electron chi connectivity index (χ0n) is 7.60. The molecule has 0 atom stereocenters. The first-order chi connectivity index (χ1) is 7.31. The van der Waals surface area contributed by atoms with Gasteiger partial charge in [-0.3, -0.25) is 0 Å². The number of nitrogens with two attached hydrogens (primary N) is 1. The summed E-state index contributed by atoms with van der Waals surface area (Å²) in [4.78, 5) is 16.0. The molecule has 0 radical (unpaired) electrons. The molecule has 0 aliphatic rings. The maximum absolute atomic E-state index is 11.2. The van der Waals surface area contributed by atoms with Crippen molar-refractivity contribution in [1.29, 1.82) is 0 Å². The molecule has 6 nitrogen and oxygen atoms in total. The summed E-state index contributed by atoms with van der Waals surface area (Å²) < 4.78 is 1.32. The summed E-state index contributed by atoms with van der Waals surface area (Å²) in [6.07, 6.45) is 2.98. The number of hydrogen-bond donors (Lipinski definition) is 2. The van der Waals surface area contributed by atoms with E-state index in [9.17, 15) is 4.79 Å². The Bertz CT molecular complexity index is 569. The number of H-pyrrole nitrogens is 1. The van der Waals surface area contributed by atoms with E-state index in [-0.39, 0.29) is 5.69 Å². The third-order valence-corrected chi connectivity index (χ3v) is 2.48. The zero-order chi connectivity index (χ0) is 10.7. The van der Waals surface area contributed by atoms with Gasteiger partial charge in [0.25, 0.3) is 0 Å². The molecule has 0 aromatic carbocycles. The molecule has 15 heavy (non-hydrogen) atoms. The Hall–Kier alpha value is -1.91. The molecule has 7 heteroatoms. The highest BCUT2D eigenvalue weighted by Gasteiger charge is 2.05. The van der Waals surface area contributed by atoms with E-state index in [1.807, 2.05) is 0 Å². The van der Waals surface area contributed by atoms with Crippen LogP contribution in [0.3, 0.4) is 0 Å². The summed E-state index contributed by atoms with van der Waals surface area (Å²) in [5, 5.41) is 6.43. The first-order valence-electron chi connectivity index (χ1n) is 4.08. The molecule has 0 saturated carbocycles. The maximum Gasteiger partial charge on any atom is 0.349 e. The molecule has 2 aromatic rings. The van der Waals surface area contributed by atoms with Gasteiger partial charge in [0.1, 0.15) is 6.33 Å². The second kappa shape index (κ2) is 4.08. The van der Waals surface area contributed by atoms with Gasteiger partial charge >= 0.3 is 5.69 Å². The number of nitrogens with zero attached hydrogens (tertiary/aromatic N) is 3. The Morgan fingerprint density at radius 2 is 2.53 bits per heavy atom. The minimum absolute atomic E-state index is 0.304. The van der Waals surface area contributed by atoms with E-state index in [1.54, 1.807) is 6.20 Å². The molecule has 3 N–H and O–H groups in total. The van der Waals surface area contributed by atoms with Crippen molar-refractivity contribution < 1.29 is 0 Å². The zero-order valence-corrected chi connectivity index (χ0v) is 8.41. The summed E-state index contributed by atoms with van der Waals surface area (Å²) in [5.41, 5.74) is 4.93. The lowest BCUT2D eigenvalue weighted by Gasteiger charge is -1.88. The molecular formula is C8H7N5OS. The van der Waals surface area contributed by atoms with Crippen LogP contribution in [0.2, 0.25) is 0 Å². The van der Waals surface area contributed by atoms with Crippen LogP contribution in [0.4, 0.5) is 0 Å². The van der Waals surface area contributed by atoms with Crippen LogP contribution in [0.1, 0.15) is 4.88 Å². The maximum atomic E-state index is 11.2. The molecule has 76 valence electrons. The van der Waals surface area contributed by atoms with E-state index in [1.165, 1.54) is 22.2 Å². The third kappa shape index (κ3) is 1.96. The van der Waals surface area contributed by atoms with Crippen LogP contribution in [-0.2, 0) is 0 Å². The van der Waals surface area contributed by atoms with Crippen molar-refractivity contribution in [2.24, 2.45) is 5.73 Å². The molecule has 0 spiro atoms. The van der Waals surface area contributed by atoms with Gasteiger partial charge in [-0.25, -0.2) is 19.4 Å². The molecule has 0 aliphatic carbocycles. The SMILES string of the molecule is NCC#Cc1cnc(-n2cn[nH]c2=O)s1. The van der Waals surface area contributed by atoms with Gasteiger partial charge < -0.3 is 5.73 Å². The molecule has 2 heterocycles. The topological polar surface area (TPSA) is 89.6 Å². The monoisotopic (exact) mass is 221 g/mol. The van der Waals surface area contributed by atoms with E-state index < -0.39 is 0 Å². The number of aromatic amines is 1. The van der Waals surface area contributed by atoms with Gasteiger partial charge in [-0.15, -0.1) is 0 Å². The van der Waals surface area contributed by atoms with Crippen molar-refractivity contribution in [3.05, 3.63) is 27.9 Å². The van der Waals surface area contributed by atoms with Gasteiger partial charge in [0.05, 0.1) is 17.6 Å². The van der Waals surface area contributed by atoms with Crippen molar-refractivity contribution >= 4 is 11.3 Å². The summed E-state index contributed by atoms with van der Waals surface area (Å²) in [6, 6.07) is 0. The number of thiazole rings is 1. The quantitative estimate of drug-likeness (QED) is 0.625. The van der Waals surface area contributed by atoms with Gasteiger partial charge in [0.2, 0.25) is 0 Å². The fourth-order valence-corrected chi connectivity index (χ4v) is 1.72. The number of nitrogens with one attached hydrogen (secondary N) is 1. The van der Waals surface area contributed by atoms with Crippen molar-refractivity contribution in [2.75, 3.05) is 6.54 Å². The van der Waals surface area contributed by atoms with Crippen LogP contribution in [0, 0.1) is 11.8 Å². The normalized spacial score (nSPS) is 9.67. The van der Waals surface area contributed by atoms with Crippen LogP contribution in [0.15, 0.2) is 17.3 Å². The fourth-order valence-electron chi connectivity index (χ4n) is 0.957. The molecule has 0 aliphatic heterocycles. The lowest BCUT2D eigenvalue weighted by Crippen LogP contribution is -2.13. The first-order valence-corrected chi connectivity index (χ1v) is 4.90. The third-order valence-electron chi connectivity index (χ3n) is 1.57. The van der Waals surface area contributed by atoms with E-state index in [4.69, 9.17) is 5.73 Å². The predicted octanol–water partition coefficient (Wildman–Crippen LogP) is -0.673.